The fraction of sp³-hybridized carbons (Fsp3) is 0.647. The summed E-state index contributed by atoms with van der Waals surface area (Å²) < 4.78 is 11.8. The first-order valence-electron chi connectivity index (χ1n) is 7.35. The molecule has 2 rings (SSSR count). The van der Waals surface area contributed by atoms with Crippen molar-refractivity contribution in [3.05, 3.63) is 11.1 Å². The van der Waals surface area contributed by atoms with E-state index in [4.69, 9.17) is 9.47 Å². The predicted molar refractivity (Wildman–Crippen MR) is 81.2 cm³/mol. The molecule has 21 heavy (non-hydrogen) atoms. The van der Waals surface area contributed by atoms with Gasteiger partial charge in [-0.2, -0.15) is 0 Å². The molecule has 1 radical (unpaired) electrons. The molecule has 4 heteroatoms. The minimum atomic E-state index is -0.435. The summed E-state index contributed by atoms with van der Waals surface area (Å²) >= 11 is 0. The van der Waals surface area contributed by atoms with Crippen LogP contribution in [0.1, 0.15) is 59.6 Å². The van der Waals surface area contributed by atoms with E-state index in [2.05, 4.69) is 0 Å². The van der Waals surface area contributed by atoms with E-state index >= 15 is 0 Å². The van der Waals surface area contributed by atoms with Crippen molar-refractivity contribution in [3.8, 4) is 23.0 Å². The number of rotatable bonds is 0. The highest BCUT2D eigenvalue weighted by molar-refractivity contribution is 5.69. The van der Waals surface area contributed by atoms with Gasteiger partial charge in [0.15, 0.2) is 17.2 Å². The van der Waals surface area contributed by atoms with E-state index in [1.54, 1.807) is 0 Å². The summed E-state index contributed by atoms with van der Waals surface area (Å²) in [6.45, 7) is 14.0. The molecule has 0 bridgehead atoms. The van der Waals surface area contributed by atoms with Crippen molar-refractivity contribution in [1.82, 2.24) is 0 Å². The van der Waals surface area contributed by atoms with Gasteiger partial charge in [-0.1, -0.05) is 41.5 Å². The van der Waals surface area contributed by atoms with E-state index in [0.717, 1.165) is 0 Å². The molecule has 0 amide bonds. The van der Waals surface area contributed by atoms with Crippen LogP contribution in [-0.4, -0.2) is 17.8 Å². The molecule has 1 aromatic rings. The molecule has 0 saturated heterocycles. The van der Waals surface area contributed by atoms with Crippen LogP contribution < -0.4 is 9.47 Å². The van der Waals surface area contributed by atoms with Crippen molar-refractivity contribution in [2.45, 2.75) is 65.4 Å². The van der Waals surface area contributed by atoms with Gasteiger partial charge in [-0.25, -0.2) is 0 Å². The Labute approximate surface area is 126 Å². The van der Waals surface area contributed by atoms with Crippen LogP contribution in [0.4, 0.5) is 0 Å². The second kappa shape index (κ2) is 4.72. The molecule has 0 aromatic heterocycles. The van der Waals surface area contributed by atoms with E-state index in [1.807, 2.05) is 48.5 Å². The molecule has 1 unspecified atom stereocenters. The molecular formula is C17H25O4. The van der Waals surface area contributed by atoms with Gasteiger partial charge in [-0.3, -0.25) is 5.11 Å². The fourth-order valence-electron chi connectivity index (χ4n) is 2.73. The monoisotopic (exact) mass is 293 g/mol. The number of benzene rings is 1. The minimum absolute atomic E-state index is 0.115. The molecular weight excluding hydrogens is 268 g/mol. The van der Waals surface area contributed by atoms with Crippen LogP contribution in [0.15, 0.2) is 0 Å². The number of hydrogen-bond acceptors (Lipinski definition) is 3. The number of hydrogen-bond donors (Lipinski definition) is 1. The maximum absolute atomic E-state index is 12.7. The Bertz CT molecular complexity index is 562. The van der Waals surface area contributed by atoms with Gasteiger partial charge < -0.3 is 14.6 Å². The smallest absolute Gasteiger partial charge is 0.228 e. The van der Waals surface area contributed by atoms with Gasteiger partial charge in [-0.15, -0.1) is 0 Å². The summed E-state index contributed by atoms with van der Waals surface area (Å²) in [4.78, 5) is 0. The fourth-order valence-corrected chi connectivity index (χ4v) is 2.73. The lowest BCUT2D eigenvalue weighted by Gasteiger charge is -2.35. The van der Waals surface area contributed by atoms with Crippen LogP contribution in [0.2, 0.25) is 0 Å². The number of phenolic OH excluding ortho intramolecular Hbond substituents is 1. The largest absolute Gasteiger partial charge is 0.504 e. The van der Waals surface area contributed by atoms with Crippen LogP contribution >= 0.6 is 0 Å². The summed E-state index contributed by atoms with van der Waals surface area (Å²) in [6.07, 6.45) is -0.115. The van der Waals surface area contributed by atoms with Crippen molar-refractivity contribution in [3.63, 3.8) is 0 Å². The van der Waals surface area contributed by atoms with Crippen molar-refractivity contribution in [2.75, 3.05) is 6.61 Å². The summed E-state index contributed by atoms with van der Waals surface area (Å²) in [5.74, 6) is 0.435. The quantitative estimate of drug-likeness (QED) is 0.776. The van der Waals surface area contributed by atoms with Crippen LogP contribution in [-0.2, 0) is 15.9 Å². The van der Waals surface area contributed by atoms with Gasteiger partial charge >= 0.3 is 0 Å². The number of phenols is 1. The van der Waals surface area contributed by atoms with E-state index in [-0.39, 0.29) is 17.6 Å². The van der Waals surface area contributed by atoms with Gasteiger partial charge in [0.2, 0.25) is 5.75 Å². The molecule has 1 aliphatic rings. The molecule has 0 saturated carbocycles. The van der Waals surface area contributed by atoms with E-state index in [1.165, 1.54) is 0 Å². The zero-order valence-electron chi connectivity index (χ0n) is 14.0. The van der Waals surface area contributed by atoms with Crippen LogP contribution in [0.25, 0.3) is 0 Å². The lowest BCUT2D eigenvalue weighted by Crippen LogP contribution is -2.30. The Balaban J connectivity index is 2.86. The van der Waals surface area contributed by atoms with Crippen LogP contribution in [0.5, 0.6) is 23.0 Å². The third-order valence-corrected chi connectivity index (χ3v) is 3.62. The molecule has 1 atom stereocenters. The van der Waals surface area contributed by atoms with Crippen molar-refractivity contribution >= 4 is 0 Å². The zero-order valence-corrected chi connectivity index (χ0v) is 14.0. The highest BCUT2D eigenvalue weighted by Gasteiger charge is 2.39. The van der Waals surface area contributed by atoms with Gasteiger partial charge in [0.1, 0.15) is 12.7 Å². The molecule has 4 nitrogen and oxygen atoms in total. The Morgan fingerprint density at radius 3 is 2.00 bits per heavy atom. The van der Waals surface area contributed by atoms with Crippen molar-refractivity contribution in [1.29, 1.82) is 0 Å². The highest BCUT2D eigenvalue weighted by atomic mass is 16.6. The average molecular weight is 293 g/mol. The second-order valence-electron chi connectivity index (χ2n) is 7.83. The summed E-state index contributed by atoms with van der Waals surface area (Å²) in [5, 5.41) is 23.1. The van der Waals surface area contributed by atoms with Crippen LogP contribution in [0, 0.1) is 0 Å². The molecule has 0 spiro atoms. The maximum atomic E-state index is 12.7. The maximum Gasteiger partial charge on any atom is 0.228 e. The summed E-state index contributed by atoms with van der Waals surface area (Å²) in [7, 11) is 0. The molecule has 0 fully saturated rings. The Morgan fingerprint density at radius 2 is 1.52 bits per heavy atom. The first kappa shape index (κ1) is 15.8. The topological polar surface area (TPSA) is 58.6 Å². The van der Waals surface area contributed by atoms with Crippen LogP contribution in [0.3, 0.4) is 0 Å². The highest BCUT2D eigenvalue weighted by Crippen LogP contribution is 2.56. The standard InChI is InChI=1S/C17H25O4/c1-9-8-20-14-10(16(2,3)4)12(18)13(19)11(15(14)21-9)17(5,6)7/h9,18H,8H2,1-7H3. The molecule has 117 valence electrons. The SMILES string of the molecule is CC1COc2c(c(C(C)(C)C)c([O])c(O)c2C(C)(C)C)O1. The van der Waals surface area contributed by atoms with Crippen molar-refractivity contribution < 1.29 is 19.7 Å². The number of fused-ring (bicyclic) bond motifs is 1. The lowest BCUT2D eigenvalue weighted by molar-refractivity contribution is 0.0967. The normalized spacial score (nSPS) is 18.7. The van der Waals surface area contributed by atoms with Gasteiger partial charge in [0.05, 0.1) is 5.56 Å². The minimum Gasteiger partial charge on any atom is -0.504 e. The lowest BCUT2D eigenvalue weighted by atomic mass is 9.79. The molecule has 1 aliphatic heterocycles. The third kappa shape index (κ3) is 2.63. The predicted octanol–water partition coefficient (Wildman–Crippen LogP) is 4.29. The average Bonchev–Trinajstić information content (AvgIpc) is 2.27. The zero-order chi connectivity index (χ0) is 16.2. The van der Waals surface area contributed by atoms with Crippen molar-refractivity contribution in [2.24, 2.45) is 0 Å². The van der Waals surface area contributed by atoms with Gasteiger partial charge in [-0.05, 0) is 17.8 Å². The molecule has 1 aromatic carbocycles. The molecule has 1 heterocycles. The van der Waals surface area contributed by atoms with E-state index in [0.29, 0.717) is 29.2 Å². The Morgan fingerprint density at radius 1 is 1.00 bits per heavy atom. The Kier molecular flexibility index (Phi) is 3.55. The number of aromatic hydroxyl groups is 1. The molecule has 0 aliphatic carbocycles. The molecule has 1 N–H and O–H groups in total. The van der Waals surface area contributed by atoms with Gasteiger partial charge in [0.25, 0.3) is 0 Å². The van der Waals surface area contributed by atoms with E-state index < -0.39 is 10.8 Å². The van der Waals surface area contributed by atoms with E-state index in [9.17, 15) is 10.2 Å². The summed E-state index contributed by atoms with van der Waals surface area (Å²) in [6, 6.07) is 0. The first-order valence-corrected chi connectivity index (χ1v) is 7.35. The summed E-state index contributed by atoms with van der Waals surface area (Å²) in [5.41, 5.74) is 0.167. The Hall–Kier alpha value is -1.58. The number of ether oxygens (including phenoxy) is 2. The second-order valence-corrected chi connectivity index (χ2v) is 7.83. The van der Waals surface area contributed by atoms with Gasteiger partial charge in [0, 0.05) is 5.56 Å². The first-order chi connectivity index (χ1) is 9.44. The third-order valence-electron chi connectivity index (χ3n) is 3.62.